The van der Waals surface area contributed by atoms with E-state index in [9.17, 15) is 9.90 Å². The van der Waals surface area contributed by atoms with Crippen LogP contribution in [0.5, 0.6) is 0 Å². The third-order valence-electron chi connectivity index (χ3n) is 3.78. The first-order chi connectivity index (χ1) is 6.19. The van der Waals surface area contributed by atoms with E-state index in [1.807, 2.05) is 0 Å². The molecule has 3 heteroatoms. The van der Waals surface area contributed by atoms with Gasteiger partial charge in [0.1, 0.15) is 0 Å². The highest BCUT2D eigenvalue weighted by molar-refractivity contribution is 5.78. The van der Waals surface area contributed by atoms with Gasteiger partial charge in [-0.05, 0) is 38.0 Å². The molecule has 3 aliphatic rings. The number of methoxy groups -OCH3 is 1. The summed E-state index contributed by atoms with van der Waals surface area (Å²) in [6.07, 6.45) is 4.09. The van der Waals surface area contributed by atoms with Gasteiger partial charge in [0.2, 0.25) is 0 Å². The molecule has 1 N–H and O–H groups in total. The normalized spacial score (nSPS) is 43.2. The van der Waals surface area contributed by atoms with Gasteiger partial charge in [-0.1, -0.05) is 0 Å². The molecule has 0 aromatic heterocycles. The van der Waals surface area contributed by atoms with Gasteiger partial charge in [0.05, 0.1) is 18.6 Å². The summed E-state index contributed by atoms with van der Waals surface area (Å²) < 4.78 is 4.78. The lowest BCUT2D eigenvalue weighted by atomic mass is 9.59. The topological polar surface area (TPSA) is 46.5 Å². The maximum Gasteiger partial charge on any atom is 0.314 e. The molecule has 0 saturated heterocycles. The Morgan fingerprint density at radius 3 is 2.54 bits per heavy atom. The third kappa shape index (κ3) is 1.17. The Morgan fingerprint density at radius 2 is 2.08 bits per heavy atom. The molecule has 3 saturated carbocycles. The minimum absolute atomic E-state index is 0.210. The molecule has 0 spiro atoms. The van der Waals surface area contributed by atoms with Crippen LogP contribution >= 0.6 is 0 Å². The zero-order valence-electron chi connectivity index (χ0n) is 7.95. The second kappa shape index (κ2) is 2.98. The van der Waals surface area contributed by atoms with E-state index in [4.69, 9.17) is 4.74 Å². The van der Waals surface area contributed by atoms with E-state index in [-0.39, 0.29) is 5.97 Å². The number of rotatable bonds is 1. The van der Waals surface area contributed by atoms with E-state index < -0.39 is 11.5 Å². The van der Waals surface area contributed by atoms with Crippen LogP contribution < -0.4 is 0 Å². The lowest BCUT2D eigenvalue weighted by molar-refractivity contribution is -0.173. The number of hydrogen-bond acceptors (Lipinski definition) is 3. The lowest BCUT2D eigenvalue weighted by Crippen LogP contribution is -2.51. The molecular weight excluding hydrogens is 168 g/mol. The van der Waals surface area contributed by atoms with Crippen molar-refractivity contribution in [2.75, 3.05) is 7.11 Å². The molecule has 13 heavy (non-hydrogen) atoms. The molecule has 1 atom stereocenters. The molecule has 0 heterocycles. The van der Waals surface area contributed by atoms with E-state index >= 15 is 0 Å². The fourth-order valence-corrected chi connectivity index (χ4v) is 2.85. The SMILES string of the molecule is COC(=O)C12CCC(CC1)CC2O. The summed E-state index contributed by atoms with van der Waals surface area (Å²) in [6.45, 7) is 0. The smallest absolute Gasteiger partial charge is 0.314 e. The summed E-state index contributed by atoms with van der Waals surface area (Å²) >= 11 is 0. The standard InChI is InChI=1S/C10H16O3/c1-13-9(12)10-4-2-7(3-5-10)6-8(10)11/h7-8,11H,2-6H2,1H3. The van der Waals surface area contributed by atoms with Crippen molar-refractivity contribution in [2.24, 2.45) is 11.3 Å². The Hall–Kier alpha value is -0.570. The van der Waals surface area contributed by atoms with Crippen molar-refractivity contribution in [1.29, 1.82) is 0 Å². The maximum absolute atomic E-state index is 11.6. The largest absolute Gasteiger partial charge is 0.469 e. The molecule has 3 rings (SSSR count). The van der Waals surface area contributed by atoms with Gasteiger partial charge >= 0.3 is 5.97 Å². The summed E-state index contributed by atoms with van der Waals surface area (Å²) in [7, 11) is 1.41. The highest BCUT2D eigenvalue weighted by atomic mass is 16.5. The number of carbonyl (C=O) groups excluding carboxylic acids is 1. The number of esters is 1. The molecule has 3 nitrogen and oxygen atoms in total. The fraction of sp³-hybridized carbons (Fsp3) is 0.900. The monoisotopic (exact) mass is 184 g/mol. The van der Waals surface area contributed by atoms with Gasteiger partial charge in [-0.25, -0.2) is 0 Å². The second-order valence-corrected chi connectivity index (χ2v) is 4.34. The predicted molar refractivity (Wildman–Crippen MR) is 47.0 cm³/mol. The molecule has 0 aromatic carbocycles. The van der Waals surface area contributed by atoms with E-state index in [1.165, 1.54) is 7.11 Å². The van der Waals surface area contributed by atoms with Crippen LogP contribution in [-0.2, 0) is 9.53 Å². The van der Waals surface area contributed by atoms with Crippen molar-refractivity contribution < 1.29 is 14.6 Å². The zero-order valence-corrected chi connectivity index (χ0v) is 7.95. The molecule has 0 aliphatic heterocycles. The van der Waals surface area contributed by atoms with Crippen molar-refractivity contribution in [2.45, 2.75) is 38.2 Å². The predicted octanol–water partition coefficient (Wildman–Crippen LogP) is 1.10. The number of fused-ring (bicyclic) bond motifs is 3. The average molecular weight is 184 g/mol. The highest BCUT2D eigenvalue weighted by Gasteiger charge is 2.52. The molecule has 0 radical (unpaired) electrons. The highest BCUT2D eigenvalue weighted by Crippen LogP contribution is 2.50. The molecule has 3 fully saturated rings. The van der Waals surface area contributed by atoms with Crippen LogP contribution in [0.3, 0.4) is 0 Å². The molecule has 74 valence electrons. The van der Waals surface area contributed by atoms with Crippen LogP contribution in [0.2, 0.25) is 0 Å². The summed E-state index contributed by atoms with van der Waals surface area (Å²) in [5.74, 6) is 0.430. The van der Waals surface area contributed by atoms with E-state index in [2.05, 4.69) is 0 Å². The number of ether oxygens (including phenoxy) is 1. The minimum Gasteiger partial charge on any atom is -0.469 e. The number of carbonyl (C=O) groups is 1. The first-order valence-corrected chi connectivity index (χ1v) is 4.95. The average Bonchev–Trinajstić information content (AvgIpc) is 2.18. The molecule has 3 aliphatic carbocycles. The Kier molecular flexibility index (Phi) is 2.06. The Morgan fingerprint density at radius 1 is 1.46 bits per heavy atom. The first kappa shape index (κ1) is 9.00. The number of hydrogen-bond donors (Lipinski definition) is 1. The number of aliphatic hydroxyl groups excluding tert-OH is 1. The lowest BCUT2D eigenvalue weighted by Gasteiger charge is -2.47. The second-order valence-electron chi connectivity index (χ2n) is 4.34. The summed E-state index contributed by atoms with van der Waals surface area (Å²) in [4.78, 5) is 11.6. The van der Waals surface area contributed by atoms with E-state index in [0.717, 1.165) is 32.1 Å². The van der Waals surface area contributed by atoms with Gasteiger partial charge in [-0.15, -0.1) is 0 Å². The van der Waals surface area contributed by atoms with Crippen molar-refractivity contribution in [3.05, 3.63) is 0 Å². The third-order valence-corrected chi connectivity index (χ3v) is 3.78. The summed E-state index contributed by atoms with van der Waals surface area (Å²) in [6, 6.07) is 0. The van der Waals surface area contributed by atoms with Gasteiger partial charge in [0.15, 0.2) is 0 Å². The first-order valence-electron chi connectivity index (χ1n) is 4.95. The number of aliphatic hydroxyl groups is 1. The van der Waals surface area contributed by atoms with Crippen molar-refractivity contribution >= 4 is 5.97 Å². The Bertz CT molecular complexity index is 216. The maximum atomic E-state index is 11.6. The van der Waals surface area contributed by atoms with Crippen LogP contribution in [0.15, 0.2) is 0 Å². The van der Waals surface area contributed by atoms with E-state index in [0.29, 0.717) is 5.92 Å². The Balaban J connectivity index is 2.22. The molecule has 0 aromatic rings. The van der Waals surface area contributed by atoms with Crippen molar-refractivity contribution in [3.8, 4) is 0 Å². The minimum atomic E-state index is -0.552. The summed E-state index contributed by atoms with van der Waals surface area (Å²) in [5.41, 5.74) is -0.552. The molecule has 0 amide bonds. The van der Waals surface area contributed by atoms with Crippen LogP contribution in [0.1, 0.15) is 32.1 Å². The van der Waals surface area contributed by atoms with Gasteiger partial charge in [-0.2, -0.15) is 0 Å². The van der Waals surface area contributed by atoms with Crippen LogP contribution in [0.25, 0.3) is 0 Å². The summed E-state index contributed by atoms with van der Waals surface area (Å²) in [5, 5.41) is 9.85. The zero-order chi connectivity index (χ0) is 9.47. The molecule has 2 bridgehead atoms. The fourth-order valence-electron chi connectivity index (χ4n) is 2.85. The van der Waals surface area contributed by atoms with Crippen LogP contribution in [-0.4, -0.2) is 24.3 Å². The Labute approximate surface area is 78.1 Å². The van der Waals surface area contributed by atoms with Gasteiger partial charge in [-0.3, -0.25) is 4.79 Å². The van der Waals surface area contributed by atoms with Crippen molar-refractivity contribution in [1.82, 2.24) is 0 Å². The van der Waals surface area contributed by atoms with Gasteiger partial charge in [0, 0.05) is 0 Å². The van der Waals surface area contributed by atoms with Gasteiger partial charge in [0.25, 0.3) is 0 Å². The van der Waals surface area contributed by atoms with E-state index in [1.54, 1.807) is 0 Å². The quantitative estimate of drug-likeness (QED) is 0.621. The molecular formula is C10H16O3. The van der Waals surface area contributed by atoms with Crippen molar-refractivity contribution in [3.63, 3.8) is 0 Å². The van der Waals surface area contributed by atoms with Crippen LogP contribution in [0.4, 0.5) is 0 Å². The van der Waals surface area contributed by atoms with Crippen LogP contribution in [0, 0.1) is 11.3 Å². The molecule has 1 unspecified atom stereocenters. The van der Waals surface area contributed by atoms with Gasteiger partial charge < -0.3 is 9.84 Å².